The van der Waals surface area contributed by atoms with E-state index < -0.39 is 17.7 Å². The molecule has 0 radical (unpaired) electrons. The molecule has 1 aliphatic rings. The molecule has 1 saturated carbocycles. The van der Waals surface area contributed by atoms with Crippen LogP contribution in [-0.2, 0) is 19.1 Å². The van der Waals surface area contributed by atoms with Crippen molar-refractivity contribution >= 4 is 18.0 Å². The number of carbonyl (C=O) groups excluding carboxylic acids is 3. The molecule has 26 heavy (non-hydrogen) atoms. The Bertz CT molecular complexity index is 451. The van der Waals surface area contributed by atoms with Crippen molar-refractivity contribution in [2.24, 2.45) is 11.8 Å². The maximum Gasteiger partial charge on any atom is 0.408 e. The largest absolute Gasteiger partial charge is 0.465 e. The van der Waals surface area contributed by atoms with Gasteiger partial charge in [0.15, 0.2) is 0 Å². The fourth-order valence-electron chi connectivity index (χ4n) is 1.80. The third-order valence-corrected chi connectivity index (χ3v) is 2.94. The quantitative estimate of drug-likeness (QED) is 0.695. The molecule has 0 spiro atoms. The molecule has 0 aromatic carbocycles. The molecule has 152 valence electrons. The van der Waals surface area contributed by atoms with Crippen LogP contribution in [0.4, 0.5) is 4.79 Å². The predicted molar refractivity (Wildman–Crippen MR) is 101 cm³/mol. The number of hydrogen-bond donors (Lipinski definition) is 1. The minimum atomic E-state index is -0.650. The van der Waals surface area contributed by atoms with Crippen molar-refractivity contribution in [3.05, 3.63) is 0 Å². The van der Waals surface area contributed by atoms with E-state index in [-0.39, 0.29) is 25.6 Å². The van der Waals surface area contributed by atoms with Crippen LogP contribution in [0.5, 0.6) is 0 Å². The summed E-state index contributed by atoms with van der Waals surface area (Å²) in [4.78, 5) is 36.7. The molecule has 0 bridgehead atoms. The maximum absolute atomic E-state index is 12.2. The van der Waals surface area contributed by atoms with Gasteiger partial charge in [0.05, 0.1) is 6.61 Å². The van der Waals surface area contributed by atoms with E-state index in [0.717, 1.165) is 18.8 Å². The van der Waals surface area contributed by atoms with E-state index in [2.05, 4.69) is 26.1 Å². The van der Waals surface area contributed by atoms with Gasteiger partial charge in [0.1, 0.15) is 18.7 Å². The van der Waals surface area contributed by atoms with E-state index in [0.29, 0.717) is 12.5 Å². The van der Waals surface area contributed by atoms with Crippen molar-refractivity contribution in [1.82, 2.24) is 10.2 Å². The standard InChI is InChI=1S/C15H26N2O5.C4H10/c1-5-21-13(19)10-17(9-11-6-7-11)12(18)8-16-14(20)22-15(2,3)4;1-4(2)3/h11H,5-10H2,1-4H3,(H,16,20);4H,1-3H3. The van der Waals surface area contributed by atoms with Gasteiger partial charge in [0.25, 0.3) is 0 Å². The molecular weight excluding hydrogens is 336 g/mol. The molecule has 1 N–H and O–H groups in total. The molecule has 0 unspecified atom stereocenters. The summed E-state index contributed by atoms with van der Waals surface area (Å²) < 4.78 is 9.94. The minimum Gasteiger partial charge on any atom is -0.465 e. The summed E-state index contributed by atoms with van der Waals surface area (Å²) in [6.07, 6.45) is 1.47. The number of alkyl carbamates (subject to hydrolysis) is 1. The summed E-state index contributed by atoms with van der Waals surface area (Å²) in [5.41, 5.74) is -0.619. The normalized spacial score (nSPS) is 13.4. The molecule has 0 aromatic heterocycles. The zero-order chi connectivity index (χ0) is 20.3. The van der Waals surface area contributed by atoms with Gasteiger partial charge in [-0.25, -0.2) is 4.79 Å². The lowest BCUT2D eigenvalue weighted by Gasteiger charge is -2.23. The number of ether oxygens (including phenoxy) is 2. The zero-order valence-corrected chi connectivity index (χ0v) is 17.4. The van der Waals surface area contributed by atoms with Crippen LogP contribution in [0.25, 0.3) is 0 Å². The average molecular weight is 373 g/mol. The summed E-state index contributed by atoms with van der Waals surface area (Å²) in [6, 6.07) is 0. The topological polar surface area (TPSA) is 84.9 Å². The molecule has 0 aliphatic heterocycles. The molecule has 1 rings (SSSR count). The lowest BCUT2D eigenvalue weighted by molar-refractivity contribution is -0.148. The van der Waals surface area contributed by atoms with Crippen LogP contribution in [0.2, 0.25) is 0 Å². The summed E-state index contributed by atoms with van der Waals surface area (Å²) >= 11 is 0. The highest BCUT2D eigenvalue weighted by Gasteiger charge is 2.28. The molecule has 1 fully saturated rings. The Morgan fingerprint density at radius 3 is 2.12 bits per heavy atom. The molecule has 0 saturated heterocycles. The summed E-state index contributed by atoms with van der Waals surface area (Å²) in [5.74, 6) is 0.527. The van der Waals surface area contributed by atoms with Crippen molar-refractivity contribution in [3.8, 4) is 0 Å². The van der Waals surface area contributed by atoms with Crippen LogP contribution < -0.4 is 5.32 Å². The third kappa shape index (κ3) is 14.5. The van der Waals surface area contributed by atoms with Crippen molar-refractivity contribution in [3.63, 3.8) is 0 Å². The van der Waals surface area contributed by atoms with Crippen molar-refractivity contribution in [2.45, 2.75) is 66.9 Å². The molecule has 1 aliphatic carbocycles. The van der Waals surface area contributed by atoms with Gasteiger partial charge < -0.3 is 19.7 Å². The van der Waals surface area contributed by atoms with E-state index in [4.69, 9.17) is 9.47 Å². The monoisotopic (exact) mass is 372 g/mol. The Morgan fingerprint density at radius 2 is 1.69 bits per heavy atom. The second-order valence-corrected chi connectivity index (χ2v) is 8.11. The van der Waals surface area contributed by atoms with Crippen molar-refractivity contribution < 1.29 is 23.9 Å². The van der Waals surface area contributed by atoms with Crippen LogP contribution in [-0.4, -0.2) is 54.7 Å². The maximum atomic E-state index is 12.2. The number of nitrogens with zero attached hydrogens (tertiary/aromatic N) is 1. The van der Waals surface area contributed by atoms with Gasteiger partial charge in [-0.15, -0.1) is 0 Å². The molecule has 7 nitrogen and oxygen atoms in total. The van der Waals surface area contributed by atoms with Gasteiger partial charge in [-0.3, -0.25) is 9.59 Å². The van der Waals surface area contributed by atoms with Crippen LogP contribution in [0.1, 0.15) is 61.3 Å². The van der Waals surface area contributed by atoms with Crippen LogP contribution in [0.3, 0.4) is 0 Å². The van der Waals surface area contributed by atoms with Gasteiger partial charge >= 0.3 is 12.1 Å². The molecule has 2 amide bonds. The van der Waals surface area contributed by atoms with Gasteiger partial charge in [-0.05, 0) is 52.4 Å². The second kappa shape index (κ2) is 11.8. The van der Waals surface area contributed by atoms with Crippen LogP contribution in [0.15, 0.2) is 0 Å². The zero-order valence-electron chi connectivity index (χ0n) is 17.4. The Morgan fingerprint density at radius 1 is 1.15 bits per heavy atom. The third-order valence-electron chi connectivity index (χ3n) is 2.94. The highest BCUT2D eigenvalue weighted by molar-refractivity contribution is 5.85. The van der Waals surface area contributed by atoms with Gasteiger partial charge in [-0.2, -0.15) is 0 Å². The number of nitrogens with one attached hydrogen (secondary N) is 1. The summed E-state index contributed by atoms with van der Waals surface area (Å²) in [6.45, 7) is 14.0. The summed E-state index contributed by atoms with van der Waals surface area (Å²) in [5, 5.41) is 2.41. The van der Waals surface area contributed by atoms with Gasteiger partial charge in [0, 0.05) is 6.54 Å². The Balaban J connectivity index is 0.00000141. The molecular formula is C19H36N2O5. The Labute approximate surface area is 157 Å². The van der Waals surface area contributed by atoms with E-state index >= 15 is 0 Å². The number of carbonyl (C=O) groups is 3. The number of esters is 1. The van der Waals surface area contributed by atoms with Gasteiger partial charge in [0.2, 0.25) is 5.91 Å². The highest BCUT2D eigenvalue weighted by Crippen LogP contribution is 2.29. The number of hydrogen-bond acceptors (Lipinski definition) is 5. The number of amides is 2. The summed E-state index contributed by atoms with van der Waals surface area (Å²) in [7, 11) is 0. The Hall–Kier alpha value is -1.79. The van der Waals surface area contributed by atoms with Crippen LogP contribution >= 0.6 is 0 Å². The molecule has 0 heterocycles. The first-order valence-corrected chi connectivity index (χ1v) is 9.34. The highest BCUT2D eigenvalue weighted by atomic mass is 16.6. The second-order valence-electron chi connectivity index (χ2n) is 8.11. The molecule has 0 atom stereocenters. The lowest BCUT2D eigenvalue weighted by Crippen LogP contribution is -2.44. The first-order valence-electron chi connectivity index (χ1n) is 9.34. The lowest BCUT2D eigenvalue weighted by atomic mass is 10.2. The van der Waals surface area contributed by atoms with E-state index in [9.17, 15) is 14.4 Å². The fourth-order valence-corrected chi connectivity index (χ4v) is 1.80. The van der Waals surface area contributed by atoms with E-state index in [1.807, 2.05) is 0 Å². The van der Waals surface area contributed by atoms with E-state index in [1.165, 1.54) is 4.90 Å². The molecule has 7 heteroatoms. The SMILES string of the molecule is CC(C)C.CCOC(=O)CN(CC1CC1)C(=O)CNC(=O)OC(C)(C)C. The van der Waals surface area contributed by atoms with Crippen molar-refractivity contribution in [1.29, 1.82) is 0 Å². The van der Waals surface area contributed by atoms with Crippen LogP contribution in [0, 0.1) is 11.8 Å². The minimum absolute atomic E-state index is 0.0842. The molecule has 0 aromatic rings. The van der Waals surface area contributed by atoms with Crippen molar-refractivity contribution in [2.75, 3.05) is 26.2 Å². The predicted octanol–water partition coefficient (Wildman–Crippen LogP) is 2.98. The smallest absolute Gasteiger partial charge is 0.408 e. The first kappa shape index (κ1) is 24.2. The van der Waals surface area contributed by atoms with Gasteiger partial charge in [-0.1, -0.05) is 20.8 Å². The first-order chi connectivity index (χ1) is 11.9. The Kier molecular flexibility index (Phi) is 10.9. The fraction of sp³-hybridized carbons (Fsp3) is 0.842. The average Bonchev–Trinajstić information content (AvgIpc) is 3.26. The van der Waals surface area contributed by atoms with E-state index in [1.54, 1.807) is 27.7 Å². The number of rotatable bonds is 7.